The first-order valence-electron chi connectivity index (χ1n) is 8.96. The molecule has 4 nitrogen and oxygen atoms in total. The Morgan fingerprint density at radius 3 is 2.38 bits per heavy atom. The number of fused-ring (bicyclic) bond motifs is 1. The van der Waals surface area contributed by atoms with Gasteiger partial charge in [0.05, 0.1) is 5.41 Å². The summed E-state index contributed by atoms with van der Waals surface area (Å²) >= 11 is 0. The highest BCUT2D eigenvalue weighted by atomic mass is 16.2. The van der Waals surface area contributed by atoms with Gasteiger partial charge in [0.2, 0.25) is 11.8 Å². The van der Waals surface area contributed by atoms with Crippen molar-refractivity contribution in [3.05, 3.63) is 77.9 Å². The van der Waals surface area contributed by atoms with Gasteiger partial charge in [0.25, 0.3) is 0 Å². The Labute approximate surface area is 153 Å². The van der Waals surface area contributed by atoms with Gasteiger partial charge in [-0.1, -0.05) is 60.7 Å². The average molecular weight is 346 g/mol. The van der Waals surface area contributed by atoms with Crippen molar-refractivity contribution >= 4 is 17.5 Å². The van der Waals surface area contributed by atoms with E-state index >= 15 is 0 Å². The second-order valence-corrected chi connectivity index (χ2v) is 7.07. The van der Waals surface area contributed by atoms with E-state index in [1.807, 2.05) is 66.7 Å². The maximum absolute atomic E-state index is 13.4. The number of carbonyl (C=O) groups is 2. The van der Waals surface area contributed by atoms with Crippen LogP contribution in [0.25, 0.3) is 0 Å². The number of anilines is 1. The van der Waals surface area contributed by atoms with E-state index in [1.54, 1.807) is 16.8 Å². The Balaban J connectivity index is 1.77. The molecule has 0 radical (unpaired) electrons. The van der Waals surface area contributed by atoms with E-state index in [0.29, 0.717) is 19.5 Å². The Bertz CT molecular complexity index is 867. The van der Waals surface area contributed by atoms with Crippen molar-refractivity contribution in [3.63, 3.8) is 0 Å². The molecule has 0 saturated carbocycles. The van der Waals surface area contributed by atoms with Gasteiger partial charge in [0.1, 0.15) is 0 Å². The maximum atomic E-state index is 13.4. The summed E-state index contributed by atoms with van der Waals surface area (Å²) in [5.74, 6) is 0.0347. The highest BCUT2D eigenvalue weighted by molar-refractivity contribution is 6.10. The van der Waals surface area contributed by atoms with Crippen LogP contribution in [-0.4, -0.2) is 36.9 Å². The lowest BCUT2D eigenvalue weighted by Gasteiger charge is -2.30. The fraction of sp³-hybridized carbons (Fsp3) is 0.273. The van der Waals surface area contributed by atoms with E-state index in [9.17, 15) is 9.59 Å². The van der Waals surface area contributed by atoms with Gasteiger partial charge in [0.15, 0.2) is 0 Å². The molecule has 1 atom stereocenters. The number of nitrogens with zero attached hydrogens (tertiary/aromatic N) is 2. The fourth-order valence-electron chi connectivity index (χ4n) is 4.12. The van der Waals surface area contributed by atoms with E-state index in [2.05, 4.69) is 0 Å². The smallest absolute Gasteiger partial charge is 0.238 e. The first kappa shape index (κ1) is 16.6. The number of hydrogen-bond acceptors (Lipinski definition) is 2. The van der Waals surface area contributed by atoms with Crippen molar-refractivity contribution < 1.29 is 9.59 Å². The molecule has 2 aromatic rings. The fourth-order valence-corrected chi connectivity index (χ4v) is 4.12. The van der Waals surface area contributed by atoms with Crippen LogP contribution in [0.15, 0.2) is 66.7 Å². The van der Waals surface area contributed by atoms with Gasteiger partial charge in [-0.25, -0.2) is 0 Å². The van der Waals surface area contributed by atoms with Crippen LogP contribution < -0.4 is 4.90 Å². The third kappa shape index (κ3) is 2.62. The third-order valence-electron chi connectivity index (χ3n) is 5.47. The maximum Gasteiger partial charge on any atom is 0.238 e. The van der Waals surface area contributed by atoms with Crippen LogP contribution in [0.2, 0.25) is 0 Å². The highest BCUT2D eigenvalue weighted by Gasteiger charge is 2.51. The largest absolute Gasteiger partial charge is 0.335 e. The molecule has 0 N–H and O–H groups in total. The molecule has 2 heterocycles. The van der Waals surface area contributed by atoms with Gasteiger partial charge in [-0.3, -0.25) is 9.59 Å². The van der Waals surface area contributed by atoms with Gasteiger partial charge in [0, 0.05) is 32.2 Å². The number of carbonyl (C=O) groups excluding carboxylic acids is 2. The van der Waals surface area contributed by atoms with Gasteiger partial charge < -0.3 is 9.80 Å². The molecule has 0 fully saturated rings. The molecule has 4 heteroatoms. The zero-order valence-corrected chi connectivity index (χ0v) is 14.9. The quantitative estimate of drug-likeness (QED) is 0.799. The van der Waals surface area contributed by atoms with E-state index in [0.717, 1.165) is 16.8 Å². The van der Waals surface area contributed by atoms with Gasteiger partial charge in [-0.15, -0.1) is 0 Å². The molecular formula is C22H22N2O2. The molecule has 4 rings (SSSR count). The summed E-state index contributed by atoms with van der Waals surface area (Å²) in [6.07, 6.45) is 4.72. The number of rotatable bonds is 4. The Morgan fingerprint density at radius 1 is 1.00 bits per heavy atom. The summed E-state index contributed by atoms with van der Waals surface area (Å²) in [4.78, 5) is 29.9. The minimum absolute atomic E-state index is 0.00283. The lowest BCUT2D eigenvalue weighted by molar-refractivity contribution is -0.135. The molecule has 0 aromatic heterocycles. The van der Waals surface area contributed by atoms with Gasteiger partial charge in [-0.2, -0.15) is 0 Å². The summed E-state index contributed by atoms with van der Waals surface area (Å²) in [6, 6.07) is 17.8. The second-order valence-electron chi connectivity index (χ2n) is 7.07. The predicted octanol–water partition coefficient (Wildman–Crippen LogP) is 2.93. The lowest BCUT2D eigenvalue weighted by atomic mass is 9.73. The van der Waals surface area contributed by atoms with Crippen molar-refractivity contribution in [1.82, 2.24) is 4.90 Å². The van der Waals surface area contributed by atoms with Crippen molar-refractivity contribution in [1.29, 1.82) is 0 Å². The zero-order valence-electron chi connectivity index (χ0n) is 14.9. The second kappa shape index (κ2) is 6.45. The van der Waals surface area contributed by atoms with Crippen LogP contribution in [0, 0.1) is 0 Å². The summed E-state index contributed by atoms with van der Waals surface area (Å²) in [6.45, 7) is 1.26. The zero-order chi connectivity index (χ0) is 18.1. The van der Waals surface area contributed by atoms with Crippen LogP contribution in [0.3, 0.4) is 0 Å². The highest BCUT2D eigenvalue weighted by Crippen LogP contribution is 2.45. The first-order chi connectivity index (χ1) is 12.6. The number of hydrogen-bond donors (Lipinski definition) is 0. The lowest BCUT2D eigenvalue weighted by Crippen LogP contribution is -2.45. The van der Waals surface area contributed by atoms with Gasteiger partial charge >= 0.3 is 0 Å². The SMILES string of the molecule is CN1C(=O)[C@@](CC(=O)N2CC=CC2)(Cc2ccccc2)c2ccccc21. The minimum atomic E-state index is -0.841. The van der Waals surface area contributed by atoms with Crippen LogP contribution in [-0.2, 0) is 21.4 Å². The molecule has 0 bridgehead atoms. The molecule has 0 unspecified atom stereocenters. The average Bonchev–Trinajstić information content (AvgIpc) is 3.27. The van der Waals surface area contributed by atoms with Crippen LogP contribution in [0.4, 0.5) is 5.69 Å². The molecule has 2 aromatic carbocycles. The Morgan fingerprint density at radius 2 is 1.65 bits per heavy atom. The molecule has 2 aliphatic rings. The van der Waals surface area contributed by atoms with Crippen LogP contribution >= 0.6 is 0 Å². The number of para-hydroxylation sites is 1. The standard InChI is InChI=1S/C22H22N2O2/c1-23-19-12-6-5-11-18(19)22(21(23)26,15-17-9-3-2-4-10-17)16-20(25)24-13-7-8-14-24/h2-12H,13-16H2,1H3/t22-/m1/s1. The normalized spacial score (nSPS) is 21.3. The number of likely N-dealkylation sites (N-methyl/N-ethyl adjacent to an activating group) is 1. The van der Waals surface area contributed by atoms with E-state index < -0.39 is 5.41 Å². The summed E-state index contributed by atoms with van der Waals surface area (Å²) in [7, 11) is 1.80. The summed E-state index contributed by atoms with van der Waals surface area (Å²) in [5, 5.41) is 0. The van der Waals surface area contributed by atoms with Crippen molar-refractivity contribution in [2.75, 3.05) is 25.0 Å². The monoisotopic (exact) mass is 346 g/mol. The van der Waals surface area contributed by atoms with E-state index in [4.69, 9.17) is 0 Å². The van der Waals surface area contributed by atoms with E-state index in [-0.39, 0.29) is 18.2 Å². The molecule has 26 heavy (non-hydrogen) atoms. The number of amides is 2. The summed E-state index contributed by atoms with van der Waals surface area (Å²) < 4.78 is 0. The number of benzene rings is 2. The van der Waals surface area contributed by atoms with Gasteiger partial charge in [-0.05, 0) is 23.6 Å². The van der Waals surface area contributed by atoms with Crippen molar-refractivity contribution in [3.8, 4) is 0 Å². The summed E-state index contributed by atoms with van der Waals surface area (Å²) in [5.41, 5.74) is 2.09. The minimum Gasteiger partial charge on any atom is -0.335 e. The van der Waals surface area contributed by atoms with Crippen LogP contribution in [0.1, 0.15) is 17.5 Å². The van der Waals surface area contributed by atoms with Crippen LogP contribution in [0.5, 0.6) is 0 Å². The molecule has 2 amide bonds. The molecule has 0 spiro atoms. The van der Waals surface area contributed by atoms with E-state index in [1.165, 1.54) is 0 Å². The molecule has 0 saturated heterocycles. The molecule has 2 aliphatic heterocycles. The Hall–Kier alpha value is -2.88. The predicted molar refractivity (Wildman–Crippen MR) is 102 cm³/mol. The molecule has 0 aliphatic carbocycles. The first-order valence-corrected chi connectivity index (χ1v) is 8.96. The van der Waals surface area contributed by atoms with Crippen molar-refractivity contribution in [2.24, 2.45) is 0 Å². The molecular weight excluding hydrogens is 324 g/mol. The third-order valence-corrected chi connectivity index (χ3v) is 5.47. The molecule has 132 valence electrons. The van der Waals surface area contributed by atoms with Crippen molar-refractivity contribution in [2.45, 2.75) is 18.3 Å². The Kier molecular flexibility index (Phi) is 4.11. The topological polar surface area (TPSA) is 40.6 Å².